The number of ether oxygens (including phenoxy) is 2. The molecule has 5 heteroatoms. The average molecular weight is 363 g/mol. The molecular formula is C21H34N2O3. The molecule has 146 valence electrons. The van der Waals surface area contributed by atoms with Crippen molar-refractivity contribution in [1.29, 1.82) is 0 Å². The van der Waals surface area contributed by atoms with Crippen LogP contribution in [-0.2, 0) is 4.79 Å². The molecule has 1 fully saturated rings. The SMILES string of the molecule is CCOc1ccc(OCCN2CCN(CC(=O)CC(C)(C)C)CC2)cc1. The van der Waals surface area contributed by atoms with E-state index in [1.165, 1.54) is 0 Å². The highest BCUT2D eigenvalue weighted by Gasteiger charge is 2.21. The van der Waals surface area contributed by atoms with Gasteiger partial charge in [0.1, 0.15) is 23.9 Å². The number of benzene rings is 1. The van der Waals surface area contributed by atoms with Gasteiger partial charge in [-0.05, 0) is 36.6 Å². The predicted molar refractivity (Wildman–Crippen MR) is 105 cm³/mol. The predicted octanol–water partition coefficient (Wildman–Crippen LogP) is 3.09. The molecule has 26 heavy (non-hydrogen) atoms. The summed E-state index contributed by atoms with van der Waals surface area (Å²) in [5.74, 6) is 2.10. The second kappa shape index (κ2) is 9.93. The summed E-state index contributed by atoms with van der Waals surface area (Å²) in [4.78, 5) is 16.8. The average Bonchev–Trinajstić information content (AvgIpc) is 2.56. The summed E-state index contributed by atoms with van der Waals surface area (Å²) in [6.45, 7) is 15.1. The van der Waals surface area contributed by atoms with Crippen molar-refractivity contribution in [2.75, 3.05) is 52.5 Å². The summed E-state index contributed by atoms with van der Waals surface area (Å²) in [6, 6.07) is 7.77. The highest BCUT2D eigenvalue weighted by atomic mass is 16.5. The van der Waals surface area contributed by atoms with Crippen molar-refractivity contribution in [3.05, 3.63) is 24.3 Å². The summed E-state index contributed by atoms with van der Waals surface area (Å²) in [5, 5.41) is 0. The Balaban J connectivity index is 1.62. The zero-order valence-electron chi connectivity index (χ0n) is 16.8. The van der Waals surface area contributed by atoms with Crippen LogP contribution in [0.2, 0.25) is 0 Å². The number of carbonyl (C=O) groups is 1. The second-order valence-electron chi connectivity index (χ2n) is 8.15. The van der Waals surface area contributed by atoms with Gasteiger partial charge in [-0.3, -0.25) is 14.6 Å². The zero-order chi connectivity index (χ0) is 19.0. The number of piperazine rings is 1. The minimum absolute atomic E-state index is 0.0805. The lowest BCUT2D eigenvalue weighted by molar-refractivity contribution is -0.122. The van der Waals surface area contributed by atoms with Crippen molar-refractivity contribution in [3.8, 4) is 11.5 Å². The Morgan fingerprint density at radius 3 is 2.04 bits per heavy atom. The Morgan fingerprint density at radius 2 is 1.50 bits per heavy atom. The largest absolute Gasteiger partial charge is 0.494 e. The third kappa shape index (κ3) is 7.75. The van der Waals surface area contributed by atoms with Gasteiger partial charge in [-0.2, -0.15) is 0 Å². The van der Waals surface area contributed by atoms with Crippen molar-refractivity contribution in [2.45, 2.75) is 34.1 Å². The Morgan fingerprint density at radius 1 is 0.962 bits per heavy atom. The van der Waals surface area contributed by atoms with E-state index in [0.717, 1.165) is 44.2 Å². The fourth-order valence-corrected chi connectivity index (χ4v) is 3.16. The molecule has 0 saturated carbocycles. The van der Waals surface area contributed by atoms with Gasteiger partial charge >= 0.3 is 0 Å². The van der Waals surface area contributed by atoms with Gasteiger partial charge in [0.2, 0.25) is 0 Å². The molecule has 0 radical (unpaired) electrons. The molecule has 1 aliphatic rings. The molecule has 1 aromatic carbocycles. The lowest BCUT2D eigenvalue weighted by atomic mass is 9.90. The van der Waals surface area contributed by atoms with Gasteiger partial charge in [-0.25, -0.2) is 0 Å². The number of carbonyl (C=O) groups excluding carboxylic acids is 1. The summed E-state index contributed by atoms with van der Waals surface area (Å²) in [6.07, 6.45) is 0.656. The van der Waals surface area contributed by atoms with Gasteiger partial charge in [0, 0.05) is 39.1 Å². The molecule has 0 amide bonds. The van der Waals surface area contributed by atoms with Crippen LogP contribution < -0.4 is 9.47 Å². The lowest BCUT2D eigenvalue weighted by Gasteiger charge is -2.34. The smallest absolute Gasteiger partial charge is 0.147 e. The van der Waals surface area contributed by atoms with Crippen molar-refractivity contribution in [1.82, 2.24) is 9.80 Å². The van der Waals surface area contributed by atoms with E-state index < -0.39 is 0 Å². The van der Waals surface area contributed by atoms with E-state index in [4.69, 9.17) is 9.47 Å². The lowest BCUT2D eigenvalue weighted by Crippen LogP contribution is -2.49. The number of ketones is 1. The fraction of sp³-hybridized carbons (Fsp3) is 0.667. The number of nitrogens with zero attached hydrogens (tertiary/aromatic N) is 2. The monoisotopic (exact) mass is 362 g/mol. The van der Waals surface area contributed by atoms with Crippen LogP contribution in [0.3, 0.4) is 0 Å². The quantitative estimate of drug-likeness (QED) is 0.675. The molecule has 0 aliphatic carbocycles. The van der Waals surface area contributed by atoms with Crippen molar-refractivity contribution < 1.29 is 14.3 Å². The van der Waals surface area contributed by atoms with E-state index >= 15 is 0 Å². The Bertz CT molecular complexity index is 543. The van der Waals surface area contributed by atoms with Crippen LogP contribution in [0.5, 0.6) is 11.5 Å². The third-order valence-electron chi connectivity index (χ3n) is 4.40. The third-order valence-corrected chi connectivity index (χ3v) is 4.40. The van der Waals surface area contributed by atoms with Gasteiger partial charge < -0.3 is 9.47 Å². The van der Waals surface area contributed by atoms with Gasteiger partial charge in [-0.15, -0.1) is 0 Å². The molecule has 1 heterocycles. The topological polar surface area (TPSA) is 42.0 Å². The van der Waals surface area contributed by atoms with E-state index in [-0.39, 0.29) is 5.41 Å². The Kier molecular flexibility index (Phi) is 7.91. The first-order valence-corrected chi connectivity index (χ1v) is 9.68. The number of Topliss-reactive ketones (excluding diaryl/α,β-unsaturated/α-hetero) is 1. The van der Waals surface area contributed by atoms with E-state index in [1.54, 1.807) is 0 Å². The van der Waals surface area contributed by atoms with Crippen molar-refractivity contribution in [2.24, 2.45) is 5.41 Å². The van der Waals surface area contributed by atoms with Crippen LogP contribution >= 0.6 is 0 Å². The van der Waals surface area contributed by atoms with Crippen LogP contribution in [0.25, 0.3) is 0 Å². The number of rotatable bonds is 9. The summed E-state index contributed by atoms with van der Waals surface area (Å²) >= 11 is 0. The van der Waals surface area contributed by atoms with Gasteiger partial charge in [0.15, 0.2) is 0 Å². The fourth-order valence-electron chi connectivity index (χ4n) is 3.16. The van der Waals surface area contributed by atoms with E-state index in [0.29, 0.717) is 32.0 Å². The molecule has 0 spiro atoms. The summed E-state index contributed by atoms with van der Waals surface area (Å²) < 4.78 is 11.3. The molecule has 2 rings (SSSR count). The first-order chi connectivity index (χ1) is 12.4. The summed E-state index contributed by atoms with van der Waals surface area (Å²) in [5.41, 5.74) is 0.0805. The summed E-state index contributed by atoms with van der Waals surface area (Å²) in [7, 11) is 0. The van der Waals surface area contributed by atoms with Crippen molar-refractivity contribution >= 4 is 5.78 Å². The maximum absolute atomic E-state index is 12.1. The second-order valence-corrected chi connectivity index (χ2v) is 8.15. The molecular weight excluding hydrogens is 328 g/mol. The van der Waals surface area contributed by atoms with Crippen molar-refractivity contribution in [3.63, 3.8) is 0 Å². The maximum Gasteiger partial charge on any atom is 0.147 e. The maximum atomic E-state index is 12.1. The van der Waals surface area contributed by atoms with Crippen LogP contribution in [0.15, 0.2) is 24.3 Å². The Labute approximate surface area is 158 Å². The van der Waals surface area contributed by atoms with Gasteiger partial charge in [0.25, 0.3) is 0 Å². The highest BCUT2D eigenvalue weighted by Crippen LogP contribution is 2.19. The zero-order valence-corrected chi connectivity index (χ0v) is 16.8. The van der Waals surface area contributed by atoms with E-state index in [9.17, 15) is 4.79 Å². The number of hydrogen-bond acceptors (Lipinski definition) is 5. The van der Waals surface area contributed by atoms with Crippen LogP contribution in [-0.4, -0.2) is 68.1 Å². The van der Waals surface area contributed by atoms with Gasteiger partial charge in [-0.1, -0.05) is 20.8 Å². The first kappa shape index (κ1) is 20.7. The van der Waals surface area contributed by atoms with Crippen LogP contribution in [0.4, 0.5) is 0 Å². The minimum Gasteiger partial charge on any atom is -0.494 e. The molecule has 1 aliphatic heterocycles. The molecule has 0 atom stereocenters. The normalized spacial score (nSPS) is 16.5. The molecule has 1 aromatic rings. The number of hydrogen-bond donors (Lipinski definition) is 0. The van der Waals surface area contributed by atoms with E-state index in [2.05, 4.69) is 30.6 Å². The standard InChI is InChI=1S/C21H34N2O3/c1-5-25-19-6-8-20(9-7-19)26-15-14-22-10-12-23(13-11-22)17-18(24)16-21(2,3)4/h6-9H,5,10-17H2,1-4H3. The van der Waals surface area contributed by atoms with Crippen LogP contribution in [0.1, 0.15) is 34.1 Å². The van der Waals surface area contributed by atoms with Gasteiger partial charge in [0.05, 0.1) is 13.2 Å². The molecule has 0 bridgehead atoms. The highest BCUT2D eigenvalue weighted by molar-refractivity contribution is 5.81. The minimum atomic E-state index is 0.0805. The van der Waals surface area contributed by atoms with E-state index in [1.807, 2.05) is 31.2 Å². The Hall–Kier alpha value is -1.59. The molecule has 0 N–H and O–H groups in total. The first-order valence-electron chi connectivity index (χ1n) is 9.68. The molecule has 1 saturated heterocycles. The molecule has 0 unspecified atom stereocenters. The van der Waals surface area contributed by atoms with Crippen LogP contribution in [0, 0.1) is 5.41 Å². The molecule has 0 aromatic heterocycles. The molecule has 5 nitrogen and oxygen atoms in total.